The molecule has 0 saturated carbocycles. The van der Waals surface area contributed by atoms with Gasteiger partial charge in [0, 0.05) is 60.7 Å². The monoisotopic (exact) mass is 1160 g/mol. The lowest BCUT2D eigenvalue weighted by molar-refractivity contribution is -0.277. The van der Waals surface area contributed by atoms with Crippen LogP contribution < -0.4 is 15.2 Å². The number of nitrogens with two attached hydrogens (primary N) is 1. The molecule has 84 heavy (non-hydrogen) atoms. The van der Waals surface area contributed by atoms with Crippen molar-refractivity contribution in [1.82, 2.24) is 24.7 Å². The number of hydrogen-bond donors (Lipinski definition) is 13. The lowest BCUT2D eigenvalue weighted by Crippen LogP contribution is -2.60. The zero-order chi connectivity index (χ0) is 60.6. The number of carboxylic acids is 4. The third kappa shape index (κ3) is 18.7. The van der Waals surface area contributed by atoms with Crippen LogP contribution in [0.1, 0.15) is 50.6 Å². The lowest BCUT2D eigenvalue weighted by Gasteiger charge is -2.39. The predicted octanol–water partition coefficient (Wildman–Crippen LogP) is -1.60. The van der Waals surface area contributed by atoms with E-state index in [9.17, 15) is 80.5 Å². The van der Waals surface area contributed by atoms with Crippen LogP contribution in [-0.2, 0) is 61.3 Å². The molecule has 4 unspecified atom stereocenters. The summed E-state index contributed by atoms with van der Waals surface area (Å²) in [6.45, 7) is -3.67. The Hall–Kier alpha value is -8.16. The number of ether oxygens (including phenoxy) is 4. The van der Waals surface area contributed by atoms with Crippen molar-refractivity contribution in [2.45, 2.75) is 94.0 Å². The van der Waals surface area contributed by atoms with E-state index in [0.717, 1.165) is 5.56 Å². The molecule has 446 valence electrons. The highest BCUT2D eigenvalue weighted by Crippen LogP contribution is 2.27. The molecule has 3 aromatic carbocycles. The molecule has 2 aliphatic heterocycles. The molecule has 10 atom stereocenters. The number of benzene rings is 3. The Kier molecular flexibility index (Phi) is 22.6. The van der Waals surface area contributed by atoms with Gasteiger partial charge in [0.05, 0.1) is 62.2 Å². The topological polar surface area (TPSA) is 409 Å². The molecular weight excluding hydrogens is 1100 g/mol. The van der Waals surface area contributed by atoms with Gasteiger partial charge in [-0.1, -0.05) is 35.8 Å². The van der Waals surface area contributed by atoms with E-state index in [2.05, 4.69) is 23.7 Å². The Labute approximate surface area is 480 Å². The van der Waals surface area contributed by atoms with Crippen molar-refractivity contribution in [1.29, 1.82) is 0 Å². The second kappa shape index (κ2) is 29.9. The van der Waals surface area contributed by atoms with E-state index in [4.69, 9.17) is 34.6 Å². The minimum Gasteiger partial charge on any atom is -0.480 e. The number of aliphatic carboxylic acids is 4. The van der Waals surface area contributed by atoms with Gasteiger partial charge in [0.1, 0.15) is 60.3 Å². The SMILES string of the molecule is Nc1ccc(CCN(Cc2cc(C#Cc3ccc(O[C@H]4OC(CO)[C@H](O)[C@@H](O)C4O)cc3)cc(CN(CC(=O)O)CC(=O)O)n2)Cc2cc(C#Cc3ccc(O[C@@H]4OC(CO)[C@@H](O)C(O)[C@H]4O)cc3)cc(CN(CC(=O)O)CC(=O)O)n2)cc1. The van der Waals surface area contributed by atoms with Gasteiger partial charge in [-0.3, -0.25) is 43.8 Å². The molecular formula is C58H64N6O20. The van der Waals surface area contributed by atoms with E-state index >= 15 is 0 Å². The van der Waals surface area contributed by atoms with Crippen LogP contribution in [0.2, 0.25) is 0 Å². The number of nitrogens with zero attached hydrogens (tertiary/aromatic N) is 5. The average Bonchev–Trinajstić information content (AvgIpc) is 3.32. The smallest absolute Gasteiger partial charge is 0.317 e. The summed E-state index contributed by atoms with van der Waals surface area (Å²) in [7, 11) is 0. The minimum atomic E-state index is -1.65. The Morgan fingerprint density at radius 1 is 0.464 bits per heavy atom. The Bertz CT molecular complexity index is 2960. The van der Waals surface area contributed by atoms with Gasteiger partial charge in [0.25, 0.3) is 0 Å². The summed E-state index contributed by atoms with van der Waals surface area (Å²) < 4.78 is 22.3. The maximum atomic E-state index is 11.9. The van der Waals surface area contributed by atoms with Crippen molar-refractivity contribution in [2.24, 2.45) is 0 Å². The van der Waals surface area contributed by atoms with Gasteiger partial charge in [-0.05, 0) is 96.9 Å². The molecule has 26 heteroatoms. The van der Waals surface area contributed by atoms with Crippen LogP contribution in [0, 0.1) is 23.7 Å². The Morgan fingerprint density at radius 2 is 0.798 bits per heavy atom. The van der Waals surface area contributed by atoms with Gasteiger partial charge in [-0.15, -0.1) is 0 Å². The average molecular weight is 1170 g/mol. The number of anilines is 1. The summed E-state index contributed by atoms with van der Waals surface area (Å²) in [6.07, 6.45) is -14.5. The molecule has 2 fully saturated rings. The molecule has 0 aliphatic carbocycles. The number of carbonyl (C=O) groups is 4. The van der Waals surface area contributed by atoms with Crippen molar-refractivity contribution >= 4 is 29.6 Å². The number of pyridine rings is 2. The van der Waals surface area contributed by atoms with Gasteiger partial charge in [0.2, 0.25) is 12.6 Å². The minimum absolute atomic E-state index is 0.0912. The van der Waals surface area contributed by atoms with Crippen molar-refractivity contribution in [3.05, 3.63) is 148 Å². The second-order valence-electron chi connectivity index (χ2n) is 19.9. The fourth-order valence-electron chi connectivity index (χ4n) is 9.09. The number of carboxylic acid groups (broad SMARTS) is 4. The van der Waals surface area contributed by atoms with Crippen LogP contribution in [0.25, 0.3) is 0 Å². The molecule has 0 amide bonds. The zero-order valence-electron chi connectivity index (χ0n) is 44.9. The van der Waals surface area contributed by atoms with E-state index in [-0.39, 0.29) is 49.1 Å². The molecule has 0 bridgehead atoms. The summed E-state index contributed by atoms with van der Waals surface area (Å²) in [6, 6.07) is 26.3. The van der Waals surface area contributed by atoms with E-state index < -0.39 is 125 Å². The molecule has 2 aliphatic rings. The van der Waals surface area contributed by atoms with Crippen LogP contribution in [0.3, 0.4) is 0 Å². The second-order valence-corrected chi connectivity index (χ2v) is 19.9. The van der Waals surface area contributed by atoms with Gasteiger partial charge in [-0.2, -0.15) is 0 Å². The molecule has 4 heterocycles. The first-order valence-corrected chi connectivity index (χ1v) is 26.2. The molecule has 0 spiro atoms. The van der Waals surface area contributed by atoms with E-state index in [1.807, 2.05) is 17.0 Å². The molecule has 7 rings (SSSR count). The number of aromatic nitrogens is 2. The number of rotatable bonds is 25. The highest BCUT2D eigenvalue weighted by atomic mass is 16.7. The Balaban J connectivity index is 1.21. The summed E-state index contributed by atoms with van der Waals surface area (Å²) >= 11 is 0. The third-order valence-corrected chi connectivity index (χ3v) is 13.1. The largest absolute Gasteiger partial charge is 0.480 e. The van der Waals surface area contributed by atoms with Crippen LogP contribution >= 0.6 is 0 Å². The molecule has 2 saturated heterocycles. The third-order valence-electron chi connectivity index (χ3n) is 13.1. The lowest BCUT2D eigenvalue weighted by atomic mass is 9.99. The zero-order valence-corrected chi connectivity index (χ0v) is 44.9. The van der Waals surface area contributed by atoms with Crippen LogP contribution in [-0.4, -0.2) is 217 Å². The standard InChI is InChI=1S/C58H64N6O20/c59-38-11-5-35(6-12-38)17-18-62(23-39-19-36(21-41(60-39)25-63(27-47(67)68)28-48(69)70)3-1-33-7-13-43(14-8-33)81-57-55(79)53(77)51(75)45(31-65)83-57)24-40-20-37(22-42(61-40)26-64(29-49(71)72)30-50(73)74)4-2-34-9-15-44(16-10-34)82-58-56(80)54(78)52(76)46(32-66)84-58/h5-16,19-22,45-46,51-58,65-66,75-80H,17-18,23-32,59H2,(H,67,68)(H,69,70)(H,71,72)(H,73,74)/t45?,46?,51-,52+,53+,54?,55?,56+,57-,58+/m0/s1. The van der Waals surface area contributed by atoms with E-state index in [1.54, 1.807) is 60.7 Å². The van der Waals surface area contributed by atoms with Crippen molar-refractivity contribution in [3.8, 4) is 35.2 Å². The highest BCUT2D eigenvalue weighted by molar-refractivity contribution is 5.73. The number of aliphatic hydroxyl groups excluding tert-OH is 8. The van der Waals surface area contributed by atoms with Crippen LogP contribution in [0.4, 0.5) is 5.69 Å². The molecule has 2 aromatic heterocycles. The quantitative estimate of drug-likeness (QED) is 0.0231. The molecule has 0 radical (unpaired) electrons. The molecule has 5 aromatic rings. The predicted molar refractivity (Wildman–Crippen MR) is 292 cm³/mol. The summed E-state index contributed by atoms with van der Waals surface area (Å²) in [5.41, 5.74) is 10.6. The first-order chi connectivity index (χ1) is 40.1. The fourth-order valence-corrected chi connectivity index (χ4v) is 9.09. The summed E-state index contributed by atoms with van der Waals surface area (Å²) in [5.74, 6) is 7.62. The highest BCUT2D eigenvalue weighted by Gasteiger charge is 2.46. The van der Waals surface area contributed by atoms with Crippen molar-refractivity contribution in [3.63, 3.8) is 0 Å². The summed E-state index contributed by atoms with van der Waals surface area (Å²) in [5, 5.41) is 120. The summed E-state index contributed by atoms with van der Waals surface area (Å²) in [4.78, 5) is 61.6. The van der Waals surface area contributed by atoms with Crippen LogP contribution in [0.15, 0.2) is 97.1 Å². The van der Waals surface area contributed by atoms with E-state index in [1.165, 1.54) is 34.1 Å². The van der Waals surface area contributed by atoms with Gasteiger partial charge < -0.3 is 86.0 Å². The maximum Gasteiger partial charge on any atom is 0.317 e. The Morgan fingerprint density at radius 3 is 1.13 bits per heavy atom. The fraction of sp³-hybridized carbons (Fsp3) is 0.379. The number of hydrogen-bond acceptors (Lipinski definition) is 22. The van der Waals surface area contributed by atoms with Crippen LogP contribution in [0.5, 0.6) is 11.5 Å². The van der Waals surface area contributed by atoms with Gasteiger partial charge in [-0.25, -0.2) is 0 Å². The van der Waals surface area contributed by atoms with E-state index in [0.29, 0.717) is 52.3 Å². The normalized spacial score (nSPS) is 22.1. The molecule has 14 N–H and O–H groups in total. The first-order valence-electron chi connectivity index (χ1n) is 26.2. The number of aliphatic hydroxyl groups is 8. The first kappa shape index (κ1) is 63.4. The maximum absolute atomic E-state index is 11.9. The number of nitrogen functional groups attached to an aromatic ring is 1. The molecule has 26 nitrogen and oxygen atoms in total. The van der Waals surface area contributed by atoms with Gasteiger partial charge >= 0.3 is 23.9 Å². The van der Waals surface area contributed by atoms with Crippen molar-refractivity contribution in [2.75, 3.05) is 51.7 Å². The van der Waals surface area contributed by atoms with Crippen molar-refractivity contribution < 1.29 is 99.4 Å². The van der Waals surface area contributed by atoms with Gasteiger partial charge in [0.15, 0.2) is 0 Å².